The van der Waals surface area contributed by atoms with E-state index in [4.69, 9.17) is 4.42 Å². The molecular weight excluding hydrogens is 362 g/mol. The summed E-state index contributed by atoms with van der Waals surface area (Å²) in [5.41, 5.74) is 0.873. The molecule has 2 heterocycles. The Bertz CT molecular complexity index is 716. The molecule has 122 valence electrons. The van der Waals surface area contributed by atoms with Crippen molar-refractivity contribution in [1.82, 2.24) is 10.2 Å². The molecule has 2 aromatic rings. The molecule has 6 nitrogen and oxygen atoms in total. The molecule has 0 radical (unpaired) electrons. The molecular formula is C16H18BrN3O3. The molecule has 0 aliphatic carbocycles. The van der Waals surface area contributed by atoms with Crippen molar-refractivity contribution < 1.29 is 9.34 Å². The number of furan rings is 1. The Labute approximate surface area is 142 Å². The Balaban J connectivity index is 1.75. The molecule has 0 bridgehead atoms. The Morgan fingerprint density at radius 3 is 2.96 bits per heavy atom. The second kappa shape index (κ2) is 6.82. The van der Waals surface area contributed by atoms with Crippen LogP contribution in [0.15, 0.2) is 39.2 Å². The average molecular weight is 380 g/mol. The molecule has 23 heavy (non-hydrogen) atoms. The summed E-state index contributed by atoms with van der Waals surface area (Å²) in [6.07, 6.45) is 0. The number of benzene rings is 1. The first-order chi connectivity index (χ1) is 11.0. The summed E-state index contributed by atoms with van der Waals surface area (Å²) < 4.78 is 6.58. The largest absolute Gasteiger partial charge is 0.460 e. The second-order valence-corrected chi connectivity index (χ2v) is 6.63. The van der Waals surface area contributed by atoms with Gasteiger partial charge in [0.1, 0.15) is 11.5 Å². The highest BCUT2D eigenvalue weighted by molar-refractivity contribution is 9.10. The van der Waals surface area contributed by atoms with Gasteiger partial charge in [-0.25, -0.2) is 0 Å². The number of non-ortho nitro benzene ring substituents is 1. The summed E-state index contributed by atoms with van der Waals surface area (Å²) >= 11 is 3.38. The van der Waals surface area contributed by atoms with E-state index in [1.807, 2.05) is 12.1 Å². The minimum Gasteiger partial charge on any atom is -0.460 e. The van der Waals surface area contributed by atoms with Crippen LogP contribution in [-0.4, -0.2) is 35.5 Å². The van der Waals surface area contributed by atoms with Gasteiger partial charge in [0.15, 0.2) is 0 Å². The lowest BCUT2D eigenvalue weighted by molar-refractivity contribution is -0.384. The van der Waals surface area contributed by atoms with Gasteiger partial charge in [-0.15, -0.1) is 0 Å². The van der Waals surface area contributed by atoms with Crippen molar-refractivity contribution in [2.24, 2.45) is 0 Å². The molecule has 7 heteroatoms. The number of nitrogens with one attached hydrogen (secondary N) is 1. The zero-order valence-electron chi connectivity index (χ0n) is 12.8. The predicted molar refractivity (Wildman–Crippen MR) is 91.2 cm³/mol. The van der Waals surface area contributed by atoms with Gasteiger partial charge in [-0.3, -0.25) is 15.0 Å². The van der Waals surface area contributed by atoms with Crippen molar-refractivity contribution in [2.45, 2.75) is 19.5 Å². The number of hydrogen-bond acceptors (Lipinski definition) is 5. The van der Waals surface area contributed by atoms with E-state index in [1.165, 1.54) is 12.1 Å². The standard InChI is InChI=1S/C16H18BrN3O3/c1-11-9-19(7-6-18-11)10-13-3-5-16(23-13)14-4-2-12(20(21)22)8-15(14)17/h2-5,8,11,18H,6-7,9-10H2,1H3/t11-/m1/s1. The SMILES string of the molecule is C[C@@H]1CN(Cc2ccc(-c3ccc([N+](=O)[O-])cc3Br)o2)CCN1. The summed E-state index contributed by atoms with van der Waals surface area (Å²) in [5, 5.41) is 14.2. The fourth-order valence-electron chi connectivity index (χ4n) is 2.80. The van der Waals surface area contributed by atoms with Crippen molar-refractivity contribution in [1.29, 1.82) is 0 Å². The van der Waals surface area contributed by atoms with Gasteiger partial charge in [0.2, 0.25) is 0 Å². The summed E-state index contributed by atoms with van der Waals surface area (Å²) in [5.74, 6) is 1.62. The van der Waals surface area contributed by atoms with Crippen LogP contribution in [0.2, 0.25) is 0 Å². The lowest BCUT2D eigenvalue weighted by Gasteiger charge is -2.31. The van der Waals surface area contributed by atoms with Crippen LogP contribution in [0.1, 0.15) is 12.7 Å². The van der Waals surface area contributed by atoms with Gasteiger partial charge in [0.05, 0.1) is 11.5 Å². The molecule has 1 N–H and O–H groups in total. The van der Waals surface area contributed by atoms with E-state index in [0.717, 1.165) is 37.5 Å². The maximum atomic E-state index is 10.8. The molecule has 1 fully saturated rings. The van der Waals surface area contributed by atoms with Crippen molar-refractivity contribution in [3.05, 3.63) is 50.7 Å². The molecule has 1 aliphatic heterocycles. The van der Waals surface area contributed by atoms with Gasteiger partial charge in [0, 0.05) is 47.8 Å². The van der Waals surface area contributed by atoms with Crippen LogP contribution in [-0.2, 0) is 6.54 Å². The number of hydrogen-bond donors (Lipinski definition) is 1. The number of halogens is 1. The Morgan fingerprint density at radius 1 is 1.43 bits per heavy atom. The third kappa shape index (κ3) is 3.80. The maximum absolute atomic E-state index is 10.8. The first-order valence-corrected chi connectivity index (χ1v) is 8.31. The van der Waals surface area contributed by atoms with Crippen LogP contribution in [0.3, 0.4) is 0 Å². The monoisotopic (exact) mass is 379 g/mol. The zero-order valence-corrected chi connectivity index (χ0v) is 14.4. The molecule has 1 atom stereocenters. The van der Waals surface area contributed by atoms with Crippen LogP contribution in [0.4, 0.5) is 5.69 Å². The number of nitrogens with zero attached hydrogens (tertiary/aromatic N) is 2. The maximum Gasteiger partial charge on any atom is 0.270 e. The van der Waals surface area contributed by atoms with Crippen LogP contribution < -0.4 is 5.32 Å². The van der Waals surface area contributed by atoms with Gasteiger partial charge < -0.3 is 9.73 Å². The molecule has 1 aromatic carbocycles. The quantitative estimate of drug-likeness (QED) is 0.650. The first-order valence-electron chi connectivity index (χ1n) is 7.51. The topological polar surface area (TPSA) is 71.5 Å². The van der Waals surface area contributed by atoms with Crippen LogP contribution >= 0.6 is 15.9 Å². The second-order valence-electron chi connectivity index (χ2n) is 5.78. The van der Waals surface area contributed by atoms with Crippen molar-refractivity contribution >= 4 is 21.6 Å². The Kier molecular flexibility index (Phi) is 4.79. The zero-order chi connectivity index (χ0) is 16.4. The third-order valence-electron chi connectivity index (χ3n) is 3.92. The van der Waals surface area contributed by atoms with E-state index in [-0.39, 0.29) is 5.69 Å². The highest BCUT2D eigenvalue weighted by atomic mass is 79.9. The van der Waals surface area contributed by atoms with Gasteiger partial charge in [-0.05, 0) is 41.1 Å². The third-order valence-corrected chi connectivity index (χ3v) is 4.58. The van der Waals surface area contributed by atoms with E-state index >= 15 is 0 Å². The van der Waals surface area contributed by atoms with Crippen LogP contribution in [0.25, 0.3) is 11.3 Å². The summed E-state index contributed by atoms with van der Waals surface area (Å²) in [6.45, 7) is 5.94. The summed E-state index contributed by atoms with van der Waals surface area (Å²) in [7, 11) is 0. The minimum atomic E-state index is -0.409. The lowest BCUT2D eigenvalue weighted by Crippen LogP contribution is -2.48. The Hall–Kier alpha value is -1.70. The minimum absolute atomic E-state index is 0.0576. The molecule has 1 aliphatic rings. The number of nitro groups is 1. The molecule has 1 saturated heterocycles. The normalized spacial score (nSPS) is 19.0. The fourth-order valence-corrected chi connectivity index (χ4v) is 3.36. The highest BCUT2D eigenvalue weighted by Gasteiger charge is 2.18. The predicted octanol–water partition coefficient (Wildman–Crippen LogP) is 3.41. The smallest absolute Gasteiger partial charge is 0.270 e. The number of nitro benzene ring substituents is 1. The van der Waals surface area contributed by atoms with Crippen LogP contribution in [0.5, 0.6) is 0 Å². The van der Waals surface area contributed by atoms with Crippen LogP contribution in [0, 0.1) is 10.1 Å². The van der Waals surface area contributed by atoms with E-state index in [2.05, 4.69) is 33.1 Å². The first kappa shape index (κ1) is 16.2. The highest BCUT2D eigenvalue weighted by Crippen LogP contribution is 2.32. The molecule has 0 spiro atoms. The van der Waals surface area contributed by atoms with Crippen molar-refractivity contribution in [2.75, 3.05) is 19.6 Å². The van der Waals surface area contributed by atoms with E-state index in [1.54, 1.807) is 6.07 Å². The van der Waals surface area contributed by atoms with E-state index in [0.29, 0.717) is 16.3 Å². The summed E-state index contributed by atoms with van der Waals surface area (Å²) in [4.78, 5) is 12.8. The fraction of sp³-hybridized carbons (Fsp3) is 0.375. The van der Waals surface area contributed by atoms with Gasteiger partial charge >= 0.3 is 0 Å². The van der Waals surface area contributed by atoms with E-state index < -0.39 is 4.92 Å². The van der Waals surface area contributed by atoms with Crippen molar-refractivity contribution in [3.8, 4) is 11.3 Å². The molecule has 0 unspecified atom stereocenters. The van der Waals surface area contributed by atoms with Gasteiger partial charge in [-0.1, -0.05) is 0 Å². The molecule has 1 aromatic heterocycles. The molecule has 0 saturated carbocycles. The Morgan fingerprint density at radius 2 is 2.26 bits per heavy atom. The number of piperazine rings is 1. The average Bonchev–Trinajstić information content (AvgIpc) is 2.95. The molecule has 0 amide bonds. The molecule has 3 rings (SSSR count). The summed E-state index contributed by atoms with van der Waals surface area (Å²) in [6, 6.07) is 9.05. The van der Waals surface area contributed by atoms with Gasteiger partial charge in [-0.2, -0.15) is 0 Å². The number of rotatable bonds is 4. The van der Waals surface area contributed by atoms with E-state index in [9.17, 15) is 10.1 Å². The van der Waals surface area contributed by atoms with Crippen molar-refractivity contribution in [3.63, 3.8) is 0 Å². The van der Waals surface area contributed by atoms with Gasteiger partial charge in [0.25, 0.3) is 5.69 Å². The lowest BCUT2D eigenvalue weighted by atomic mass is 10.1.